The van der Waals surface area contributed by atoms with E-state index in [0.717, 1.165) is 28.7 Å². The van der Waals surface area contributed by atoms with Crippen molar-refractivity contribution in [3.05, 3.63) is 46.3 Å². The fourth-order valence-corrected chi connectivity index (χ4v) is 4.57. The number of benzene rings is 1. The first-order chi connectivity index (χ1) is 16.9. The minimum Gasteiger partial charge on any atom is -0.490 e. The van der Waals surface area contributed by atoms with Gasteiger partial charge in [-0.1, -0.05) is 0 Å². The number of fused-ring (bicyclic) bond motifs is 1. The lowest BCUT2D eigenvalue weighted by molar-refractivity contribution is -0.124. The van der Waals surface area contributed by atoms with Crippen LogP contribution in [0.25, 0.3) is 0 Å². The number of aliphatic hydroxyl groups excluding tert-OH is 1. The third-order valence-corrected chi connectivity index (χ3v) is 6.53. The molecule has 0 radical (unpaired) electrons. The highest BCUT2D eigenvalue weighted by Crippen LogP contribution is 2.26. The fourth-order valence-electron chi connectivity index (χ4n) is 3.87. The van der Waals surface area contributed by atoms with Gasteiger partial charge in [-0.3, -0.25) is 20.5 Å². The molecule has 1 amide bonds. The van der Waals surface area contributed by atoms with E-state index in [-0.39, 0.29) is 35.4 Å². The van der Waals surface area contributed by atoms with Crippen LogP contribution in [0.2, 0.25) is 0 Å². The van der Waals surface area contributed by atoms with Crippen LogP contribution < -0.4 is 10.1 Å². The molecule has 2 aromatic rings. The minimum atomic E-state index is -0.675. The van der Waals surface area contributed by atoms with Gasteiger partial charge in [0, 0.05) is 36.3 Å². The number of nitriles is 1. The number of nitrogens with one attached hydrogen (secondary N) is 3. The van der Waals surface area contributed by atoms with Crippen LogP contribution in [0.15, 0.2) is 18.2 Å². The van der Waals surface area contributed by atoms with Gasteiger partial charge in [0.1, 0.15) is 16.9 Å². The van der Waals surface area contributed by atoms with Gasteiger partial charge in [-0.15, -0.1) is 0 Å². The number of aromatic nitrogens is 2. The number of hydrogen-bond donors (Lipinski definition) is 4. The van der Waals surface area contributed by atoms with Crippen molar-refractivity contribution in [2.45, 2.75) is 59.2 Å². The van der Waals surface area contributed by atoms with Gasteiger partial charge in [0.2, 0.25) is 5.91 Å². The third-order valence-electron chi connectivity index (χ3n) is 5.73. The van der Waals surface area contributed by atoms with E-state index in [1.165, 1.54) is 4.68 Å². The molecule has 1 aromatic carbocycles. The van der Waals surface area contributed by atoms with Gasteiger partial charge in [-0.05, 0) is 64.6 Å². The van der Waals surface area contributed by atoms with Crippen molar-refractivity contribution in [2.24, 2.45) is 0 Å². The van der Waals surface area contributed by atoms with Gasteiger partial charge in [0.05, 0.1) is 36.1 Å². The van der Waals surface area contributed by atoms with E-state index in [1.807, 2.05) is 25.7 Å². The van der Waals surface area contributed by atoms with E-state index in [1.54, 1.807) is 32.0 Å². The molecule has 10 nitrogen and oxygen atoms in total. The summed E-state index contributed by atoms with van der Waals surface area (Å²) in [4.78, 5) is 14.4. The Morgan fingerprint density at radius 3 is 2.75 bits per heavy atom. The molecule has 4 N–H and O–H groups in total. The summed E-state index contributed by atoms with van der Waals surface area (Å²) in [5.74, 6) is 0.318. The molecule has 1 aromatic heterocycles. The summed E-state index contributed by atoms with van der Waals surface area (Å²) in [5.41, 5.74) is 2.86. The van der Waals surface area contributed by atoms with Gasteiger partial charge in [0.25, 0.3) is 0 Å². The predicted octanol–water partition coefficient (Wildman–Crippen LogP) is 2.64. The van der Waals surface area contributed by atoms with E-state index >= 15 is 0 Å². The van der Waals surface area contributed by atoms with E-state index in [0.29, 0.717) is 36.4 Å². The second kappa shape index (κ2) is 11.2. The van der Waals surface area contributed by atoms with Crippen LogP contribution in [-0.2, 0) is 17.8 Å². The molecular formula is C25H33N7O3S. The number of ether oxygens (including phenoxy) is 1. The van der Waals surface area contributed by atoms with E-state index in [2.05, 4.69) is 16.5 Å². The number of thioether (sulfide) groups is 1. The number of carbonyl (C=O) groups is 1. The highest BCUT2D eigenvalue weighted by Gasteiger charge is 2.27. The van der Waals surface area contributed by atoms with Crippen molar-refractivity contribution in [1.82, 2.24) is 20.0 Å². The number of hydrogen-bond acceptors (Lipinski definition) is 9. The van der Waals surface area contributed by atoms with Gasteiger partial charge < -0.3 is 15.2 Å². The Labute approximate surface area is 215 Å². The van der Waals surface area contributed by atoms with E-state index in [9.17, 15) is 15.2 Å². The molecule has 0 saturated heterocycles. The monoisotopic (exact) mass is 511 g/mol. The molecule has 0 bridgehead atoms. The molecule has 0 atom stereocenters. The van der Waals surface area contributed by atoms with Crippen LogP contribution in [0.1, 0.15) is 55.8 Å². The Hall–Kier alpha value is -3.20. The number of carbonyl (C=O) groups excluding carboxylic acids is 1. The zero-order chi connectivity index (χ0) is 26.6. The standard InChI is InChI=1S/C25H33N7O3S/c1-15(2)35-21-7-6-17(10-18(21)11-26)23(27)36-24(28)32-16(3)19-12-31(9-8-20(19)30-32)13-22(34)29-25(4,5)14-33/h6-7,10,15,27-28,33H,8-9,12-14H2,1-5H3,(H,29,34). The number of nitrogens with zero attached hydrogens (tertiary/aromatic N) is 4. The Kier molecular flexibility index (Phi) is 8.55. The predicted molar refractivity (Wildman–Crippen MR) is 140 cm³/mol. The lowest BCUT2D eigenvalue weighted by Crippen LogP contribution is -2.50. The first-order valence-electron chi connectivity index (χ1n) is 11.7. The third kappa shape index (κ3) is 6.51. The van der Waals surface area contributed by atoms with Crippen molar-refractivity contribution >= 4 is 27.9 Å². The number of amides is 1. The zero-order valence-corrected chi connectivity index (χ0v) is 22.1. The lowest BCUT2D eigenvalue weighted by Gasteiger charge is -2.29. The van der Waals surface area contributed by atoms with Crippen LogP contribution in [0, 0.1) is 29.1 Å². The molecule has 0 spiro atoms. The summed E-state index contributed by atoms with van der Waals surface area (Å²) >= 11 is 0.958. The lowest BCUT2D eigenvalue weighted by atomic mass is 10.1. The Morgan fingerprint density at radius 2 is 2.11 bits per heavy atom. The molecule has 1 aliphatic heterocycles. The molecule has 192 valence electrons. The topological polar surface area (TPSA) is 151 Å². The minimum absolute atomic E-state index is 0.0727. The SMILES string of the molecule is Cc1c2c(nn1C(=N)SC(=N)c1ccc(OC(C)C)c(C#N)c1)CCN(CC(=O)NC(C)(C)CO)C2. The highest BCUT2D eigenvalue weighted by molar-refractivity contribution is 8.26. The van der Waals surface area contributed by atoms with Gasteiger partial charge >= 0.3 is 0 Å². The molecule has 3 rings (SSSR count). The second-order valence-corrected chi connectivity index (χ2v) is 10.7. The van der Waals surface area contributed by atoms with E-state index in [4.69, 9.17) is 15.6 Å². The second-order valence-electron chi connectivity index (χ2n) is 9.70. The fraction of sp³-hybridized carbons (Fsp3) is 0.480. The average Bonchev–Trinajstić information content (AvgIpc) is 3.14. The molecule has 36 heavy (non-hydrogen) atoms. The van der Waals surface area contributed by atoms with Crippen LogP contribution in [0.5, 0.6) is 5.75 Å². The molecular weight excluding hydrogens is 478 g/mol. The summed E-state index contributed by atoms with van der Waals surface area (Å²) in [6.07, 6.45) is 0.578. The highest BCUT2D eigenvalue weighted by atomic mass is 32.2. The zero-order valence-electron chi connectivity index (χ0n) is 21.3. The van der Waals surface area contributed by atoms with Crippen molar-refractivity contribution in [3.8, 4) is 11.8 Å². The maximum absolute atomic E-state index is 12.4. The quantitative estimate of drug-likeness (QED) is 0.329. The van der Waals surface area contributed by atoms with Crippen LogP contribution in [0.4, 0.5) is 0 Å². The van der Waals surface area contributed by atoms with Crippen molar-refractivity contribution < 1.29 is 14.6 Å². The number of rotatable bonds is 7. The van der Waals surface area contributed by atoms with Crippen LogP contribution in [0.3, 0.4) is 0 Å². The van der Waals surface area contributed by atoms with E-state index < -0.39 is 5.54 Å². The Bertz CT molecular complexity index is 1210. The maximum atomic E-state index is 12.4. The van der Waals surface area contributed by atoms with Crippen molar-refractivity contribution in [2.75, 3.05) is 19.7 Å². The smallest absolute Gasteiger partial charge is 0.234 e. The summed E-state index contributed by atoms with van der Waals surface area (Å²) in [5, 5.41) is 43.6. The summed E-state index contributed by atoms with van der Waals surface area (Å²) in [6.45, 7) is 10.4. The van der Waals surface area contributed by atoms with Crippen molar-refractivity contribution in [3.63, 3.8) is 0 Å². The summed E-state index contributed by atoms with van der Waals surface area (Å²) < 4.78 is 7.18. The normalized spacial score (nSPS) is 13.7. The van der Waals surface area contributed by atoms with Crippen LogP contribution in [-0.4, -0.2) is 67.2 Å². The van der Waals surface area contributed by atoms with Crippen molar-refractivity contribution in [1.29, 1.82) is 16.1 Å². The molecule has 0 saturated carbocycles. The maximum Gasteiger partial charge on any atom is 0.234 e. The summed E-state index contributed by atoms with van der Waals surface area (Å²) in [7, 11) is 0. The average molecular weight is 512 g/mol. The first-order valence-corrected chi connectivity index (χ1v) is 12.5. The Morgan fingerprint density at radius 1 is 1.39 bits per heavy atom. The Balaban J connectivity index is 1.69. The molecule has 11 heteroatoms. The molecule has 0 aliphatic carbocycles. The van der Waals surface area contributed by atoms with Gasteiger partial charge in [0.15, 0.2) is 5.17 Å². The molecule has 0 unspecified atom stereocenters. The van der Waals surface area contributed by atoms with Gasteiger partial charge in [-0.25, -0.2) is 4.68 Å². The first kappa shape index (κ1) is 27.4. The largest absolute Gasteiger partial charge is 0.490 e. The summed E-state index contributed by atoms with van der Waals surface area (Å²) in [6, 6.07) is 7.10. The molecule has 2 heterocycles. The molecule has 1 aliphatic rings. The number of aliphatic hydroxyl groups is 1. The van der Waals surface area contributed by atoms with Crippen LogP contribution >= 0.6 is 11.8 Å². The molecule has 0 fully saturated rings. The van der Waals surface area contributed by atoms with Gasteiger partial charge in [-0.2, -0.15) is 10.4 Å².